The Morgan fingerprint density at radius 2 is 0.809 bits per heavy atom. The van der Waals surface area contributed by atoms with E-state index in [2.05, 4.69) is 36.4 Å². The van der Waals surface area contributed by atoms with Crippen LogP contribution in [0.15, 0.2) is 91.0 Å². The highest BCUT2D eigenvalue weighted by Crippen LogP contribution is 2.40. The molecule has 1 fully saturated rings. The summed E-state index contributed by atoms with van der Waals surface area (Å²) in [5.74, 6) is 0. The van der Waals surface area contributed by atoms with E-state index < -0.39 is 5.60 Å². The molecule has 1 atom stereocenters. The van der Waals surface area contributed by atoms with Gasteiger partial charge in [-0.15, -0.1) is 0 Å². The van der Waals surface area contributed by atoms with Crippen molar-refractivity contribution in [3.05, 3.63) is 108 Å². The lowest BCUT2D eigenvalue weighted by molar-refractivity contribution is -0.169. The molecule has 0 N–H and O–H groups in total. The topological polar surface area (TPSA) is 83.1 Å². The number of hydrogen-bond donors (Lipinski definition) is 0. The van der Waals surface area contributed by atoms with E-state index in [9.17, 15) is 0 Å². The lowest BCUT2D eigenvalue weighted by Gasteiger charge is -2.36. The van der Waals surface area contributed by atoms with E-state index in [1.807, 2.05) is 54.6 Å². The molecule has 1 aliphatic rings. The third kappa shape index (κ3) is 13.7. The summed E-state index contributed by atoms with van der Waals surface area (Å²) in [7, 11) is 0. The van der Waals surface area contributed by atoms with Gasteiger partial charge in [-0.25, -0.2) is 0 Å². The number of rotatable bonds is 26. The standard InChI is InChI=1S/C38H52O9/c1-4-12-34(13-5-1)38(35-14-6-2-7-15-35,36-16-8-3-9-17-36)47-33-31-44-29-27-42-25-23-40-21-20-39-22-24-41-26-28-43-30-32-46-37-18-10-11-19-45-37/h1-9,12-17,37H,10-11,18-33H2. The molecule has 0 saturated carbocycles. The monoisotopic (exact) mass is 652 g/mol. The first kappa shape index (κ1) is 37.1. The Balaban J connectivity index is 0.971. The van der Waals surface area contributed by atoms with Crippen LogP contribution in [0.25, 0.3) is 0 Å². The highest BCUT2D eigenvalue weighted by Gasteiger charge is 2.37. The summed E-state index contributed by atoms with van der Waals surface area (Å²) in [6.45, 7) is 7.87. The van der Waals surface area contributed by atoms with Gasteiger partial charge >= 0.3 is 0 Å². The predicted molar refractivity (Wildman–Crippen MR) is 180 cm³/mol. The lowest BCUT2D eigenvalue weighted by atomic mass is 9.80. The molecule has 0 spiro atoms. The number of ether oxygens (including phenoxy) is 9. The van der Waals surface area contributed by atoms with Crippen LogP contribution >= 0.6 is 0 Å². The average Bonchev–Trinajstić information content (AvgIpc) is 3.13. The van der Waals surface area contributed by atoms with Gasteiger partial charge < -0.3 is 42.6 Å². The van der Waals surface area contributed by atoms with Gasteiger partial charge in [0.1, 0.15) is 5.60 Å². The molecule has 9 nitrogen and oxygen atoms in total. The van der Waals surface area contributed by atoms with Gasteiger partial charge in [0.25, 0.3) is 0 Å². The van der Waals surface area contributed by atoms with Crippen molar-refractivity contribution in [2.24, 2.45) is 0 Å². The van der Waals surface area contributed by atoms with E-state index in [0.29, 0.717) is 92.5 Å². The molecule has 258 valence electrons. The van der Waals surface area contributed by atoms with Gasteiger partial charge in [-0.05, 0) is 36.0 Å². The van der Waals surface area contributed by atoms with Crippen LogP contribution < -0.4 is 0 Å². The van der Waals surface area contributed by atoms with Crippen LogP contribution in [-0.2, 0) is 48.2 Å². The van der Waals surface area contributed by atoms with Crippen LogP contribution in [0.3, 0.4) is 0 Å². The molecule has 1 aliphatic heterocycles. The zero-order valence-corrected chi connectivity index (χ0v) is 27.6. The maximum absolute atomic E-state index is 6.72. The zero-order valence-electron chi connectivity index (χ0n) is 27.6. The van der Waals surface area contributed by atoms with Crippen molar-refractivity contribution in [3.63, 3.8) is 0 Å². The molecule has 0 radical (unpaired) electrons. The Labute approximate surface area is 280 Å². The highest BCUT2D eigenvalue weighted by molar-refractivity contribution is 5.47. The molecule has 4 rings (SSSR count). The first-order valence-electron chi connectivity index (χ1n) is 16.9. The molecular formula is C38H52O9. The predicted octanol–water partition coefficient (Wildman–Crippen LogP) is 5.64. The van der Waals surface area contributed by atoms with Crippen molar-refractivity contribution in [3.8, 4) is 0 Å². The molecule has 3 aromatic rings. The van der Waals surface area contributed by atoms with Gasteiger partial charge in [0.15, 0.2) is 6.29 Å². The smallest absolute Gasteiger partial charge is 0.157 e. The fraction of sp³-hybridized carbons (Fsp3) is 0.526. The maximum Gasteiger partial charge on any atom is 0.157 e. The van der Waals surface area contributed by atoms with Gasteiger partial charge in [0.05, 0.1) is 92.5 Å². The molecule has 3 aromatic carbocycles. The fourth-order valence-corrected chi connectivity index (χ4v) is 5.31. The fourth-order valence-electron chi connectivity index (χ4n) is 5.31. The van der Waals surface area contributed by atoms with Crippen LogP contribution in [0.2, 0.25) is 0 Å². The molecule has 1 heterocycles. The molecule has 47 heavy (non-hydrogen) atoms. The zero-order chi connectivity index (χ0) is 32.5. The van der Waals surface area contributed by atoms with E-state index in [1.54, 1.807) is 0 Å². The van der Waals surface area contributed by atoms with E-state index in [4.69, 9.17) is 42.6 Å². The second-order valence-electron chi connectivity index (χ2n) is 11.0. The molecule has 1 saturated heterocycles. The SMILES string of the molecule is c1ccc(C(OCCOCCOCCOCCOCCOCCOCCOC2CCCCO2)(c2ccccc2)c2ccccc2)cc1. The molecule has 0 aliphatic carbocycles. The van der Waals surface area contributed by atoms with Gasteiger partial charge in [-0.3, -0.25) is 0 Å². The van der Waals surface area contributed by atoms with Crippen LogP contribution in [0, 0.1) is 0 Å². The van der Waals surface area contributed by atoms with E-state index in [-0.39, 0.29) is 6.29 Å². The molecule has 0 aromatic heterocycles. The Morgan fingerprint density at radius 1 is 0.447 bits per heavy atom. The minimum Gasteiger partial charge on any atom is -0.377 e. The Bertz CT molecular complexity index is 1050. The summed E-state index contributed by atoms with van der Waals surface area (Å²) in [5.41, 5.74) is 2.47. The second kappa shape index (κ2) is 23.6. The van der Waals surface area contributed by atoms with Crippen molar-refractivity contribution in [1.29, 1.82) is 0 Å². The summed E-state index contributed by atoms with van der Waals surface area (Å²) in [6, 6.07) is 31.0. The quantitative estimate of drug-likeness (QED) is 0.0809. The van der Waals surface area contributed by atoms with E-state index in [1.165, 1.54) is 6.42 Å². The van der Waals surface area contributed by atoms with Crippen molar-refractivity contribution in [1.82, 2.24) is 0 Å². The van der Waals surface area contributed by atoms with Crippen molar-refractivity contribution in [2.75, 3.05) is 99.1 Å². The number of hydrogen-bond acceptors (Lipinski definition) is 9. The Kier molecular flexibility index (Phi) is 18.6. The Hall–Kier alpha value is -2.70. The third-order valence-corrected chi connectivity index (χ3v) is 7.62. The minimum absolute atomic E-state index is 0.0669. The van der Waals surface area contributed by atoms with E-state index in [0.717, 1.165) is 36.1 Å². The van der Waals surface area contributed by atoms with Crippen molar-refractivity contribution < 1.29 is 42.6 Å². The first-order chi connectivity index (χ1) is 23.4. The van der Waals surface area contributed by atoms with E-state index >= 15 is 0 Å². The van der Waals surface area contributed by atoms with Crippen LogP contribution in [0.4, 0.5) is 0 Å². The summed E-state index contributed by atoms with van der Waals surface area (Å²) >= 11 is 0. The number of benzene rings is 3. The molecular weight excluding hydrogens is 600 g/mol. The van der Waals surface area contributed by atoms with Gasteiger partial charge in [-0.1, -0.05) is 91.0 Å². The van der Waals surface area contributed by atoms with Gasteiger partial charge in [0, 0.05) is 6.61 Å². The molecule has 0 bridgehead atoms. The van der Waals surface area contributed by atoms with Crippen molar-refractivity contribution >= 4 is 0 Å². The average molecular weight is 653 g/mol. The van der Waals surface area contributed by atoms with Crippen LogP contribution in [-0.4, -0.2) is 105 Å². The summed E-state index contributed by atoms with van der Waals surface area (Å²) in [4.78, 5) is 0. The maximum atomic E-state index is 6.72. The summed E-state index contributed by atoms with van der Waals surface area (Å²) < 4.78 is 51.5. The first-order valence-corrected chi connectivity index (χ1v) is 16.9. The highest BCUT2D eigenvalue weighted by atomic mass is 16.7. The third-order valence-electron chi connectivity index (χ3n) is 7.62. The summed E-state index contributed by atoms with van der Waals surface area (Å²) in [6.07, 6.45) is 3.19. The second-order valence-corrected chi connectivity index (χ2v) is 11.0. The molecule has 1 unspecified atom stereocenters. The molecule has 0 amide bonds. The van der Waals surface area contributed by atoms with Gasteiger partial charge in [0.2, 0.25) is 0 Å². The van der Waals surface area contributed by atoms with Crippen LogP contribution in [0.5, 0.6) is 0 Å². The van der Waals surface area contributed by atoms with Gasteiger partial charge in [-0.2, -0.15) is 0 Å². The summed E-state index contributed by atoms with van der Waals surface area (Å²) in [5, 5.41) is 0. The normalized spacial score (nSPS) is 15.2. The lowest BCUT2D eigenvalue weighted by Crippen LogP contribution is -2.34. The van der Waals surface area contributed by atoms with Crippen molar-refractivity contribution in [2.45, 2.75) is 31.2 Å². The Morgan fingerprint density at radius 3 is 1.17 bits per heavy atom. The van der Waals surface area contributed by atoms with Crippen LogP contribution in [0.1, 0.15) is 36.0 Å². The molecule has 9 heteroatoms. The minimum atomic E-state index is -0.743. The largest absolute Gasteiger partial charge is 0.377 e.